The van der Waals surface area contributed by atoms with E-state index in [9.17, 15) is 17.6 Å². The number of fused-ring (bicyclic) bond motifs is 1. The molecule has 7 nitrogen and oxygen atoms in total. The SMILES string of the molecule is COc1ccc(CC(=O)N=C2S[C@@H]3CS(=O)(=O)C[C@H]3N2c2ccc(C)c(F)c2)cc1OC. The van der Waals surface area contributed by atoms with Gasteiger partial charge in [0.2, 0.25) is 0 Å². The summed E-state index contributed by atoms with van der Waals surface area (Å²) in [6, 6.07) is 9.52. The zero-order valence-electron chi connectivity index (χ0n) is 17.9. The molecule has 0 saturated carbocycles. The third kappa shape index (κ3) is 4.47. The van der Waals surface area contributed by atoms with Crippen molar-refractivity contribution in [3.8, 4) is 11.5 Å². The van der Waals surface area contributed by atoms with Crippen molar-refractivity contribution in [2.24, 2.45) is 4.99 Å². The van der Waals surface area contributed by atoms with Crippen molar-refractivity contribution in [1.29, 1.82) is 0 Å². The number of aryl methyl sites for hydroxylation is 1. The fraction of sp³-hybridized carbons (Fsp3) is 0.364. The van der Waals surface area contributed by atoms with Crippen LogP contribution in [0.4, 0.5) is 10.1 Å². The molecule has 0 aromatic heterocycles. The smallest absolute Gasteiger partial charge is 0.252 e. The number of amidine groups is 1. The zero-order chi connectivity index (χ0) is 23.0. The highest BCUT2D eigenvalue weighted by Crippen LogP contribution is 2.41. The maximum Gasteiger partial charge on any atom is 0.252 e. The van der Waals surface area contributed by atoms with E-state index in [1.54, 1.807) is 42.2 Å². The van der Waals surface area contributed by atoms with Gasteiger partial charge in [-0.1, -0.05) is 23.9 Å². The molecule has 0 spiro atoms. The molecule has 2 aliphatic heterocycles. The molecule has 0 radical (unpaired) electrons. The van der Waals surface area contributed by atoms with Gasteiger partial charge in [-0.05, 0) is 42.3 Å². The van der Waals surface area contributed by atoms with Crippen LogP contribution >= 0.6 is 11.8 Å². The molecule has 2 atom stereocenters. The summed E-state index contributed by atoms with van der Waals surface area (Å²) in [6.45, 7) is 1.66. The zero-order valence-corrected chi connectivity index (χ0v) is 19.5. The molecule has 2 saturated heterocycles. The molecule has 2 heterocycles. The number of ether oxygens (including phenoxy) is 2. The van der Waals surface area contributed by atoms with E-state index in [0.717, 1.165) is 0 Å². The quantitative estimate of drug-likeness (QED) is 0.653. The Kier molecular flexibility index (Phi) is 6.17. The molecule has 0 unspecified atom stereocenters. The number of carbonyl (C=O) groups is 1. The van der Waals surface area contributed by atoms with Crippen molar-refractivity contribution in [3.05, 3.63) is 53.3 Å². The van der Waals surface area contributed by atoms with Crippen molar-refractivity contribution < 1.29 is 27.1 Å². The van der Waals surface area contributed by atoms with E-state index >= 15 is 0 Å². The summed E-state index contributed by atoms with van der Waals surface area (Å²) in [6.07, 6.45) is 0.0359. The monoisotopic (exact) mass is 478 g/mol. The Hall–Kier alpha value is -2.59. The van der Waals surface area contributed by atoms with E-state index in [0.29, 0.717) is 33.5 Å². The fourth-order valence-corrected chi connectivity index (χ4v) is 7.84. The number of nitrogens with zero attached hydrogens (tertiary/aromatic N) is 2. The molecule has 0 aliphatic carbocycles. The maximum atomic E-state index is 14.3. The Bertz CT molecular complexity index is 1200. The Labute approximate surface area is 190 Å². The first-order chi connectivity index (χ1) is 15.2. The molecule has 2 aromatic rings. The molecule has 2 aliphatic rings. The number of aliphatic imine (C=N–C) groups is 1. The first-order valence-corrected chi connectivity index (χ1v) is 12.7. The molecule has 2 aromatic carbocycles. The lowest BCUT2D eigenvalue weighted by Crippen LogP contribution is -2.37. The fourth-order valence-electron chi connectivity index (χ4n) is 3.91. The van der Waals surface area contributed by atoms with Crippen LogP contribution in [0.15, 0.2) is 41.4 Å². The maximum absolute atomic E-state index is 14.3. The minimum Gasteiger partial charge on any atom is -0.493 e. The standard InChI is InChI=1S/C22H23FN2O5S2/c1-13-4-6-15(10-16(13)23)25-17-11-32(27,28)12-20(17)31-22(25)24-21(26)9-14-5-7-18(29-2)19(8-14)30-3/h4-8,10,17,20H,9,11-12H2,1-3H3/t17-,20-/m1/s1. The van der Waals surface area contributed by atoms with Crippen LogP contribution in [0, 0.1) is 12.7 Å². The van der Waals surface area contributed by atoms with Gasteiger partial charge in [-0.3, -0.25) is 4.79 Å². The van der Waals surface area contributed by atoms with E-state index in [2.05, 4.69) is 4.99 Å². The molecule has 0 bridgehead atoms. The number of amides is 1. The van der Waals surface area contributed by atoms with E-state index in [4.69, 9.17) is 9.47 Å². The van der Waals surface area contributed by atoms with E-state index in [1.165, 1.54) is 32.0 Å². The Balaban J connectivity index is 1.63. The number of hydrogen-bond acceptors (Lipinski definition) is 6. The van der Waals surface area contributed by atoms with Crippen LogP contribution in [0.2, 0.25) is 0 Å². The predicted octanol–water partition coefficient (Wildman–Crippen LogP) is 3.00. The van der Waals surface area contributed by atoms with E-state index in [1.807, 2.05) is 0 Å². The van der Waals surface area contributed by atoms with Crippen LogP contribution in [0.3, 0.4) is 0 Å². The van der Waals surface area contributed by atoms with Gasteiger partial charge in [0.1, 0.15) is 5.82 Å². The van der Waals surface area contributed by atoms with Crippen LogP contribution in [-0.4, -0.2) is 56.5 Å². The number of methoxy groups -OCH3 is 2. The number of thioether (sulfide) groups is 1. The van der Waals surface area contributed by atoms with Crippen molar-refractivity contribution in [2.45, 2.75) is 24.6 Å². The molecule has 10 heteroatoms. The molecular weight excluding hydrogens is 455 g/mol. The lowest BCUT2D eigenvalue weighted by atomic mass is 10.1. The van der Waals surface area contributed by atoms with Gasteiger partial charge in [0.05, 0.1) is 38.2 Å². The van der Waals surface area contributed by atoms with Gasteiger partial charge in [0.15, 0.2) is 26.5 Å². The Morgan fingerprint density at radius 3 is 2.59 bits per heavy atom. The molecule has 1 amide bonds. The molecule has 32 heavy (non-hydrogen) atoms. The van der Waals surface area contributed by atoms with Crippen molar-refractivity contribution in [1.82, 2.24) is 0 Å². The number of sulfone groups is 1. The number of benzene rings is 2. The highest BCUT2D eigenvalue weighted by atomic mass is 32.2. The minimum absolute atomic E-state index is 0.00999. The van der Waals surface area contributed by atoms with E-state index in [-0.39, 0.29) is 35.1 Å². The van der Waals surface area contributed by atoms with E-state index < -0.39 is 15.7 Å². The Morgan fingerprint density at radius 2 is 1.91 bits per heavy atom. The van der Waals surface area contributed by atoms with Crippen LogP contribution in [0.25, 0.3) is 0 Å². The minimum atomic E-state index is -3.20. The summed E-state index contributed by atoms with van der Waals surface area (Å²) < 4.78 is 49.1. The predicted molar refractivity (Wildman–Crippen MR) is 123 cm³/mol. The number of hydrogen-bond donors (Lipinski definition) is 0. The summed E-state index contributed by atoms with van der Waals surface area (Å²) >= 11 is 1.26. The van der Waals surface area contributed by atoms with Gasteiger partial charge in [0.25, 0.3) is 5.91 Å². The highest BCUT2D eigenvalue weighted by molar-refractivity contribution is 8.16. The lowest BCUT2D eigenvalue weighted by molar-refractivity contribution is -0.117. The van der Waals surface area contributed by atoms with Gasteiger partial charge in [-0.15, -0.1) is 0 Å². The summed E-state index contributed by atoms with van der Waals surface area (Å²) in [7, 11) is -0.150. The number of halogens is 1. The third-order valence-electron chi connectivity index (χ3n) is 5.52. The second kappa shape index (κ2) is 8.74. The Morgan fingerprint density at radius 1 is 1.16 bits per heavy atom. The average Bonchev–Trinajstić information content (AvgIpc) is 3.20. The normalized spacial score (nSPS) is 22.8. The second-order valence-electron chi connectivity index (χ2n) is 7.76. The average molecular weight is 479 g/mol. The van der Waals surface area contributed by atoms with Crippen molar-refractivity contribution in [2.75, 3.05) is 30.6 Å². The first kappa shape index (κ1) is 22.6. The van der Waals surface area contributed by atoms with Crippen LogP contribution in [0.5, 0.6) is 11.5 Å². The first-order valence-electron chi connectivity index (χ1n) is 9.95. The third-order valence-corrected chi connectivity index (χ3v) is 8.73. The van der Waals surface area contributed by atoms with Crippen molar-refractivity contribution >= 4 is 38.4 Å². The number of anilines is 1. The van der Waals surface area contributed by atoms with Gasteiger partial charge in [-0.25, -0.2) is 12.8 Å². The van der Waals surface area contributed by atoms with Gasteiger partial charge < -0.3 is 14.4 Å². The molecule has 2 fully saturated rings. The summed E-state index contributed by atoms with van der Waals surface area (Å²) in [4.78, 5) is 18.8. The lowest BCUT2D eigenvalue weighted by Gasteiger charge is -2.24. The van der Waals surface area contributed by atoms with Crippen LogP contribution in [0.1, 0.15) is 11.1 Å². The molecule has 4 rings (SSSR count). The molecule has 0 N–H and O–H groups in total. The largest absolute Gasteiger partial charge is 0.493 e. The number of rotatable bonds is 5. The van der Waals surface area contributed by atoms with Crippen molar-refractivity contribution in [3.63, 3.8) is 0 Å². The molecule has 170 valence electrons. The van der Waals surface area contributed by atoms with Gasteiger partial charge in [0, 0.05) is 10.9 Å². The highest BCUT2D eigenvalue weighted by Gasteiger charge is 2.49. The number of carbonyl (C=O) groups excluding carboxylic acids is 1. The second-order valence-corrected chi connectivity index (χ2v) is 11.1. The van der Waals surface area contributed by atoms with Gasteiger partial charge in [-0.2, -0.15) is 4.99 Å². The van der Waals surface area contributed by atoms with Crippen LogP contribution < -0.4 is 14.4 Å². The summed E-state index contributed by atoms with van der Waals surface area (Å²) in [5.74, 6) is 0.243. The molecular formula is C22H23FN2O5S2. The summed E-state index contributed by atoms with van der Waals surface area (Å²) in [5.41, 5.74) is 1.68. The van der Waals surface area contributed by atoms with Crippen LogP contribution in [-0.2, 0) is 21.1 Å². The summed E-state index contributed by atoms with van der Waals surface area (Å²) in [5, 5.41) is 0.139. The van der Waals surface area contributed by atoms with Gasteiger partial charge >= 0.3 is 0 Å². The topological polar surface area (TPSA) is 85.3 Å².